The van der Waals surface area contributed by atoms with Gasteiger partial charge in [0.15, 0.2) is 11.5 Å². The van der Waals surface area contributed by atoms with E-state index in [1.54, 1.807) is 16.3 Å². The van der Waals surface area contributed by atoms with Gasteiger partial charge in [0.2, 0.25) is 0 Å². The number of pyridine rings is 2. The highest BCUT2D eigenvalue weighted by Gasteiger charge is 2.18. The third-order valence-electron chi connectivity index (χ3n) is 6.46. The van der Waals surface area contributed by atoms with Crippen LogP contribution in [0.25, 0.3) is 22.3 Å². The van der Waals surface area contributed by atoms with E-state index in [1.165, 1.54) is 12.7 Å². The summed E-state index contributed by atoms with van der Waals surface area (Å²) in [6.07, 6.45) is 7.58. The third kappa shape index (κ3) is 4.98. The molecule has 1 aliphatic rings. The second-order valence-corrected chi connectivity index (χ2v) is 9.02. The summed E-state index contributed by atoms with van der Waals surface area (Å²) in [5, 5.41) is 7.50. The van der Waals surface area contributed by atoms with Crippen molar-refractivity contribution in [3.63, 3.8) is 0 Å². The number of rotatable bonds is 5. The van der Waals surface area contributed by atoms with E-state index >= 15 is 0 Å². The number of hydrogen-bond acceptors (Lipinski definition) is 8. The zero-order chi connectivity index (χ0) is 26.8. The molecule has 1 N–H and O–H groups in total. The molecule has 0 radical (unpaired) electrons. The van der Waals surface area contributed by atoms with E-state index in [2.05, 4.69) is 37.2 Å². The highest BCUT2D eigenvalue weighted by Crippen LogP contribution is 2.30. The van der Waals surface area contributed by atoms with E-state index < -0.39 is 0 Å². The van der Waals surface area contributed by atoms with Crippen molar-refractivity contribution in [2.75, 3.05) is 18.4 Å². The lowest BCUT2D eigenvalue weighted by Gasteiger charge is -2.24. The minimum atomic E-state index is -0.151. The Balaban J connectivity index is 1.22. The summed E-state index contributed by atoms with van der Waals surface area (Å²) in [6, 6.07) is 13.4. The number of benzene rings is 1. The fourth-order valence-corrected chi connectivity index (χ4v) is 4.45. The van der Waals surface area contributed by atoms with Crippen LogP contribution >= 0.6 is 0 Å². The average Bonchev–Trinajstić information content (AvgIpc) is 3.43. The van der Waals surface area contributed by atoms with E-state index in [0.29, 0.717) is 42.2 Å². The van der Waals surface area contributed by atoms with E-state index in [-0.39, 0.29) is 5.91 Å². The second-order valence-electron chi connectivity index (χ2n) is 9.02. The number of anilines is 2. The number of carbonyl (C=O) groups excluding carboxylic acids is 1. The first-order valence-electron chi connectivity index (χ1n) is 12.4. The molecule has 0 aliphatic carbocycles. The van der Waals surface area contributed by atoms with Crippen LogP contribution < -0.4 is 10.1 Å². The molecule has 0 fully saturated rings. The Morgan fingerprint density at radius 1 is 1.08 bits per heavy atom. The molecule has 39 heavy (non-hydrogen) atoms. The minimum Gasteiger partial charge on any atom is -0.457 e. The van der Waals surface area contributed by atoms with Gasteiger partial charge in [-0.2, -0.15) is 5.10 Å². The summed E-state index contributed by atoms with van der Waals surface area (Å²) in [5.74, 6) is 7.15. The predicted octanol–water partition coefficient (Wildman–Crippen LogP) is 4.55. The molecule has 1 aromatic carbocycles. The zero-order valence-corrected chi connectivity index (χ0v) is 21.4. The largest absolute Gasteiger partial charge is 0.457 e. The van der Waals surface area contributed by atoms with Crippen molar-refractivity contribution < 1.29 is 9.53 Å². The lowest BCUT2D eigenvalue weighted by atomic mass is 10.0. The SMILES string of the molecule is CC#CC(=O)N1CC=C(c2ccc3ncnc(Nc4ccc(Oc5ccn6ncnc6c5)c(C)c4)c3n2)CC1. The van der Waals surface area contributed by atoms with Crippen molar-refractivity contribution >= 4 is 39.7 Å². The normalized spacial score (nSPS) is 13.1. The molecule has 192 valence electrons. The van der Waals surface area contributed by atoms with Gasteiger partial charge in [-0.05, 0) is 73.7 Å². The van der Waals surface area contributed by atoms with Crippen LogP contribution in [-0.2, 0) is 4.79 Å². The molecule has 0 saturated carbocycles. The van der Waals surface area contributed by atoms with Gasteiger partial charge in [-0.1, -0.05) is 12.0 Å². The second kappa shape index (κ2) is 10.2. The maximum atomic E-state index is 12.1. The molecular formula is C29H24N8O2. The van der Waals surface area contributed by atoms with Crippen LogP contribution in [0.3, 0.4) is 0 Å². The van der Waals surface area contributed by atoms with Gasteiger partial charge in [0.25, 0.3) is 5.91 Å². The molecule has 6 rings (SSSR count). The van der Waals surface area contributed by atoms with E-state index in [4.69, 9.17) is 9.72 Å². The van der Waals surface area contributed by atoms with Gasteiger partial charge >= 0.3 is 0 Å². The van der Waals surface area contributed by atoms with Crippen molar-refractivity contribution in [3.8, 4) is 23.3 Å². The molecule has 10 nitrogen and oxygen atoms in total. The number of amides is 1. The Bertz CT molecular complexity index is 1810. The Kier molecular flexibility index (Phi) is 6.31. The maximum absolute atomic E-state index is 12.1. The van der Waals surface area contributed by atoms with Crippen LogP contribution in [-0.4, -0.2) is 53.4 Å². The number of aromatic nitrogens is 6. The Hall–Kier alpha value is -5.30. The highest BCUT2D eigenvalue weighted by molar-refractivity contribution is 5.94. The van der Waals surface area contributed by atoms with Crippen LogP contribution in [0.15, 0.2) is 67.4 Å². The van der Waals surface area contributed by atoms with Gasteiger partial charge in [0.1, 0.15) is 29.7 Å². The van der Waals surface area contributed by atoms with E-state index in [0.717, 1.165) is 33.8 Å². The Morgan fingerprint density at radius 2 is 2.00 bits per heavy atom. The molecule has 1 amide bonds. The zero-order valence-electron chi connectivity index (χ0n) is 21.4. The first kappa shape index (κ1) is 24.1. The summed E-state index contributed by atoms with van der Waals surface area (Å²) < 4.78 is 7.78. The van der Waals surface area contributed by atoms with Crippen LogP contribution in [0.1, 0.15) is 24.6 Å². The molecule has 4 aromatic heterocycles. The summed E-state index contributed by atoms with van der Waals surface area (Å²) in [5.41, 5.74) is 5.86. The maximum Gasteiger partial charge on any atom is 0.298 e. The molecule has 0 saturated heterocycles. The van der Waals surface area contributed by atoms with Gasteiger partial charge in [-0.3, -0.25) is 4.79 Å². The molecule has 10 heteroatoms. The van der Waals surface area contributed by atoms with E-state index in [9.17, 15) is 4.79 Å². The number of ether oxygens (including phenoxy) is 1. The lowest BCUT2D eigenvalue weighted by Crippen LogP contribution is -2.33. The quantitative estimate of drug-likeness (QED) is 0.339. The third-order valence-corrected chi connectivity index (χ3v) is 6.46. The topological polar surface area (TPSA) is 110 Å². The fraction of sp³-hybridized carbons (Fsp3) is 0.172. The van der Waals surface area contributed by atoms with E-state index in [1.807, 2.05) is 61.7 Å². The molecule has 0 spiro atoms. The monoisotopic (exact) mass is 516 g/mol. The van der Waals surface area contributed by atoms with Crippen molar-refractivity contribution in [1.82, 2.24) is 34.4 Å². The van der Waals surface area contributed by atoms with Crippen LogP contribution in [0.2, 0.25) is 0 Å². The van der Waals surface area contributed by atoms with Crippen molar-refractivity contribution in [2.45, 2.75) is 20.3 Å². The van der Waals surface area contributed by atoms with Crippen molar-refractivity contribution in [3.05, 3.63) is 78.6 Å². The van der Waals surface area contributed by atoms with Crippen LogP contribution in [0.4, 0.5) is 11.5 Å². The van der Waals surface area contributed by atoms with Crippen LogP contribution in [0.5, 0.6) is 11.5 Å². The number of fused-ring (bicyclic) bond motifs is 2. The summed E-state index contributed by atoms with van der Waals surface area (Å²) in [7, 11) is 0. The minimum absolute atomic E-state index is 0.151. The van der Waals surface area contributed by atoms with Gasteiger partial charge in [0.05, 0.1) is 11.2 Å². The highest BCUT2D eigenvalue weighted by atomic mass is 16.5. The number of carbonyl (C=O) groups is 1. The molecule has 5 heterocycles. The molecule has 1 aliphatic heterocycles. The Morgan fingerprint density at radius 3 is 2.82 bits per heavy atom. The van der Waals surface area contributed by atoms with Gasteiger partial charge in [0, 0.05) is 31.0 Å². The smallest absolute Gasteiger partial charge is 0.298 e. The molecule has 5 aromatic rings. The van der Waals surface area contributed by atoms with Gasteiger partial charge in [-0.25, -0.2) is 24.5 Å². The van der Waals surface area contributed by atoms with Crippen molar-refractivity contribution in [2.24, 2.45) is 0 Å². The average molecular weight is 517 g/mol. The molecule has 0 bridgehead atoms. The standard InChI is InChI=1S/C29H24N8O2/c1-3-4-27(38)36-12-9-20(10-13-36)23-6-7-24-28(35-23)29(32-17-30-24)34-21-5-8-25(19(2)15-21)39-22-11-14-37-26(16-22)31-18-33-37/h5-9,11,14-18H,10,12-13H2,1-2H3,(H,30,32,34). The first-order chi connectivity index (χ1) is 19.1. The predicted molar refractivity (Wildman–Crippen MR) is 147 cm³/mol. The lowest BCUT2D eigenvalue weighted by molar-refractivity contribution is -0.124. The number of nitrogens with zero attached hydrogens (tertiary/aromatic N) is 7. The summed E-state index contributed by atoms with van der Waals surface area (Å²) in [4.78, 5) is 31.8. The Labute approximate surface area is 224 Å². The van der Waals surface area contributed by atoms with Gasteiger partial charge < -0.3 is 15.0 Å². The van der Waals surface area contributed by atoms with Crippen molar-refractivity contribution in [1.29, 1.82) is 0 Å². The number of nitrogens with one attached hydrogen (secondary N) is 1. The molecule has 0 atom stereocenters. The number of aryl methyl sites for hydroxylation is 1. The van der Waals surface area contributed by atoms with Gasteiger partial charge in [-0.15, -0.1) is 0 Å². The van der Waals surface area contributed by atoms with Crippen LogP contribution in [0, 0.1) is 18.8 Å². The summed E-state index contributed by atoms with van der Waals surface area (Å²) >= 11 is 0. The molecule has 0 unspecified atom stereocenters. The number of hydrogen-bond donors (Lipinski definition) is 1. The fourth-order valence-electron chi connectivity index (χ4n) is 4.45. The summed E-state index contributed by atoms with van der Waals surface area (Å²) in [6.45, 7) is 4.77. The molecular weight excluding hydrogens is 492 g/mol. The first-order valence-corrected chi connectivity index (χ1v) is 12.4.